The SMILES string of the molecule is CC(C)(C)Oc1nc2ccccc2nc1-c1cccnc1. The molecule has 0 saturated heterocycles. The highest BCUT2D eigenvalue weighted by Crippen LogP contribution is 2.30. The number of ether oxygens (including phenoxy) is 1. The van der Waals surface area contributed by atoms with Gasteiger partial charge in [-0.2, -0.15) is 0 Å². The number of benzene rings is 1. The average molecular weight is 279 g/mol. The third-order valence-corrected chi connectivity index (χ3v) is 2.88. The summed E-state index contributed by atoms with van der Waals surface area (Å²) in [5.74, 6) is 0.536. The van der Waals surface area contributed by atoms with Gasteiger partial charge in [0.2, 0.25) is 5.88 Å². The quantitative estimate of drug-likeness (QED) is 0.714. The first-order valence-electron chi connectivity index (χ1n) is 6.89. The fourth-order valence-electron chi connectivity index (χ4n) is 2.04. The minimum atomic E-state index is -0.339. The van der Waals surface area contributed by atoms with Crippen LogP contribution in [0.3, 0.4) is 0 Å². The summed E-state index contributed by atoms with van der Waals surface area (Å²) >= 11 is 0. The molecule has 0 radical (unpaired) electrons. The van der Waals surface area contributed by atoms with E-state index in [1.54, 1.807) is 12.4 Å². The fourth-order valence-corrected chi connectivity index (χ4v) is 2.04. The largest absolute Gasteiger partial charge is 0.470 e. The Labute approximate surface area is 123 Å². The number of aromatic nitrogens is 3. The van der Waals surface area contributed by atoms with Crippen molar-refractivity contribution in [1.82, 2.24) is 15.0 Å². The van der Waals surface area contributed by atoms with E-state index in [2.05, 4.69) is 9.97 Å². The zero-order valence-corrected chi connectivity index (χ0v) is 12.4. The molecular weight excluding hydrogens is 262 g/mol. The Balaban J connectivity index is 2.22. The highest BCUT2D eigenvalue weighted by Gasteiger charge is 2.19. The van der Waals surface area contributed by atoms with Crippen molar-refractivity contribution in [2.45, 2.75) is 26.4 Å². The van der Waals surface area contributed by atoms with E-state index in [1.165, 1.54) is 0 Å². The van der Waals surface area contributed by atoms with Gasteiger partial charge in [0.05, 0.1) is 11.0 Å². The molecule has 0 fully saturated rings. The zero-order chi connectivity index (χ0) is 14.9. The second kappa shape index (κ2) is 5.13. The number of pyridine rings is 1. The molecule has 4 heteroatoms. The monoisotopic (exact) mass is 279 g/mol. The van der Waals surface area contributed by atoms with Crippen molar-refractivity contribution in [2.24, 2.45) is 0 Å². The average Bonchev–Trinajstić information content (AvgIpc) is 2.46. The Hall–Kier alpha value is -2.49. The third-order valence-electron chi connectivity index (χ3n) is 2.88. The van der Waals surface area contributed by atoms with E-state index in [1.807, 2.05) is 57.2 Å². The summed E-state index contributed by atoms with van der Waals surface area (Å²) in [6.07, 6.45) is 3.51. The Morgan fingerprint density at radius 2 is 1.62 bits per heavy atom. The predicted molar refractivity (Wildman–Crippen MR) is 83.2 cm³/mol. The van der Waals surface area contributed by atoms with Gasteiger partial charge in [-0.15, -0.1) is 0 Å². The molecule has 2 aromatic heterocycles. The number of fused-ring (bicyclic) bond motifs is 1. The summed E-state index contributed by atoms with van der Waals surface area (Å²) < 4.78 is 5.99. The van der Waals surface area contributed by atoms with Crippen molar-refractivity contribution < 1.29 is 4.74 Å². The van der Waals surface area contributed by atoms with Crippen LogP contribution >= 0.6 is 0 Å². The van der Waals surface area contributed by atoms with Crippen LogP contribution in [0.2, 0.25) is 0 Å². The maximum Gasteiger partial charge on any atom is 0.241 e. The minimum Gasteiger partial charge on any atom is -0.470 e. The van der Waals surface area contributed by atoms with E-state index in [-0.39, 0.29) is 5.60 Å². The zero-order valence-electron chi connectivity index (χ0n) is 12.4. The van der Waals surface area contributed by atoms with Gasteiger partial charge >= 0.3 is 0 Å². The predicted octanol–water partition coefficient (Wildman–Crippen LogP) is 3.87. The van der Waals surface area contributed by atoms with Crippen molar-refractivity contribution in [1.29, 1.82) is 0 Å². The second-order valence-corrected chi connectivity index (χ2v) is 5.82. The first kappa shape index (κ1) is 13.5. The van der Waals surface area contributed by atoms with Crippen molar-refractivity contribution in [2.75, 3.05) is 0 Å². The molecule has 0 bridgehead atoms. The summed E-state index contributed by atoms with van der Waals surface area (Å²) in [4.78, 5) is 13.5. The van der Waals surface area contributed by atoms with Crippen molar-refractivity contribution >= 4 is 11.0 Å². The van der Waals surface area contributed by atoms with Crippen LogP contribution in [-0.4, -0.2) is 20.6 Å². The molecule has 0 N–H and O–H groups in total. The fraction of sp³-hybridized carbons (Fsp3) is 0.235. The topological polar surface area (TPSA) is 47.9 Å². The second-order valence-electron chi connectivity index (χ2n) is 5.82. The molecule has 0 aliphatic heterocycles. The van der Waals surface area contributed by atoms with E-state index in [9.17, 15) is 0 Å². The van der Waals surface area contributed by atoms with Crippen LogP contribution in [0, 0.1) is 0 Å². The van der Waals surface area contributed by atoms with Crippen LogP contribution in [0.1, 0.15) is 20.8 Å². The van der Waals surface area contributed by atoms with Crippen LogP contribution in [0.15, 0.2) is 48.8 Å². The first-order chi connectivity index (χ1) is 10.0. The van der Waals surface area contributed by atoms with E-state index in [0.717, 1.165) is 22.3 Å². The van der Waals surface area contributed by atoms with Gasteiger partial charge < -0.3 is 4.74 Å². The first-order valence-corrected chi connectivity index (χ1v) is 6.89. The Morgan fingerprint density at radius 1 is 0.905 bits per heavy atom. The van der Waals surface area contributed by atoms with Gasteiger partial charge in [0.1, 0.15) is 11.3 Å². The highest BCUT2D eigenvalue weighted by molar-refractivity contribution is 5.79. The molecule has 1 aromatic carbocycles. The summed E-state index contributed by atoms with van der Waals surface area (Å²) in [6.45, 7) is 5.99. The lowest BCUT2D eigenvalue weighted by molar-refractivity contribution is 0.125. The summed E-state index contributed by atoms with van der Waals surface area (Å²) in [5, 5.41) is 0. The van der Waals surface area contributed by atoms with Gasteiger partial charge in [-0.05, 0) is 45.0 Å². The van der Waals surface area contributed by atoms with Gasteiger partial charge in [0, 0.05) is 18.0 Å². The smallest absolute Gasteiger partial charge is 0.241 e. The van der Waals surface area contributed by atoms with Gasteiger partial charge in [-0.1, -0.05) is 12.1 Å². The van der Waals surface area contributed by atoms with E-state index < -0.39 is 0 Å². The van der Waals surface area contributed by atoms with Crippen LogP contribution in [0.25, 0.3) is 22.3 Å². The van der Waals surface area contributed by atoms with E-state index in [0.29, 0.717) is 5.88 Å². The number of rotatable bonds is 2. The molecule has 3 aromatic rings. The lowest BCUT2D eigenvalue weighted by Crippen LogP contribution is -2.24. The van der Waals surface area contributed by atoms with Gasteiger partial charge in [-0.3, -0.25) is 4.98 Å². The number of hydrogen-bond acceptors (Lipinski definition) is 4. The number of nitrogens with zero attached hydrogens (tertiary/aromatic N) is 3. The maximum absolute atomic E-state index is 5.99. The molecular formula is C17H17N3O. The van der Waals surface area contributed by atoms with Crippen molar-refractivity contribution in [3.63, 3.8) is 0 Å². The van der Waals surface area contributed by atoms with Gasteiger partial charge in [-0.25, -0.2) is 9.97 Å². The molecule has 0 atom stereocenters. The van der Waals surface area contributed by atoms with Gasteiger partial charge in [0.15, 0.2) is 0 Å². The molecule has 0 unspecified atom stereocenters. The summed E-state index contributed by atoms with van der Waals surface area (Å²) in [7, 11) is 0. The molecule has 21 heavy (non-hydrogen) atoms. The lowest BCUT2D eigenvalue weighted by atomic mass is 10.1. The summed E-state index contributed by atoms with van der Waals surface area (Å²) in [5.41, 5.74) is 2.95. The molecule has 2 heterocycles. The van der Waals surface area contributed by atoms with E-state index in [4.69, 9.17) is 9.72 Å². The molecule has 0 aliphatic carbocycles. The highest BCUT2D eigenvalue weighted by atomic mass is 16.5. The standard InChI is InChI=1S/C17H17N3O/c1-17(2,3)21-16-15(12-7-6-10-18-11-12)19-13-8-4-5-9-14(13)20-16/h4-11H,1-3H3. The molecule has 3 rings (SSSR count). The van der Waals surface area contributed by atoms with Crippen molar-refractivity contribution in [3.8, 4) is 17.1 Å². The Bertz CT molecular complexity index is 764. The number of para-hydroxylation sites is 2. The minimum absolute atomic E-state index is 0.339. The van der Waals surface area contributed by atoms with Crippen LogP contribution in [0.5, 0.6) is 5.88 Å². The Kier molecular flexibility index (Phi) is 3.29. The van der Waals surface area contributed by atoms with Crippen LogP contribution < -0.4 is 4.74 Å². The van der Waals surface area contributed by atoms with E-state index >= 15 is 0 Å². The molecule has 106 valence electrons. The number of hydrogen-bond donors (Lipinski definition) is 0. The Morgan fingerprint density at radius 3 is 2.24 bits per heavy atom. The molecule has 0 amide bonds. The van der Waals surface area contributed by atoms with Crippen LogP contribution in [0.4, 0.5) is 0 Å². The van der Waals surface area contributed by atoms with Crippen molar-refractivity contribution in [3.05, 3.63) is 48.8 Å². The third kappa shape index (κ3) is 2.99. The van der Waals surface area contributed by atoms with Crippen LogP contribution in [-0.2, 0) is 0 Å². The maximum atomic E-state index is 5.99. The molecule has 0 spiro atoms. The molecule has 0 aliphatic rings. The summed E-state index contributed by atoms with van der Waals surface area (Å²) in [6, 6.07) is 11.6. The molecule has 0 saturated carbocycles. The lowest BCUT2D eigenvalue weighted by Gasteiger charge is -2.22. The molecule has 4 nitrogen and oxygen atoms in total. The van der Waals surface area contributed by atoms with Gasteiger partial charge in [0.25, 0.3) is 0 Å². The normalized spacial score (nSPS) is 11.6.